The molecule has 3 aromatic rings. The monoisotopic (exact) mass is 418 g/mol. The predicted molar refractivity (Wildman–Crippen MR) is 109 cm³/mol. The van der Waals surface area contributed by atoms with Crippen LogP contribution in [-0.2, 0) is 17.7 Å². The maximum atomic E-state index is 12.4. The van der Waals surface area contributed by atoms with Crippen LogP contribution in [0.3, 0.4) is 0 Å². The first-order chi connectivity index (χ1) is 13.5. The SMILES string of the molecule is COCCn1nc(C(=O)Nc2ncc(Cc3cccc(C)c3Cl)s2)ccc1=O. The molecule has 1 N–H and O–H groups in total. The predicted octanol–water partition coefficient (Wildman–Crippen LogP) is 3.15. The van der Waals surface area contributed by atoms with Crippen molar-refractivity contribution >= 4 is 34.0 Å². The number of amides is 1. The Hall–Kier alpha value is -2.55. The van der Waals surface area contributed by atoms with Gasteiger partial charge in [-0.1, -0.05) is 29.8 Å². The molecule has 0 bridgehead atoms. The summed E-state index contributed by atoms with van der Waals surface area (Å²) in [5, 5.41) is 7.99. The molecule has 7 nitrogen and oxygen atoms in total. The van der Waals surface area contributed by atoms with Crippen molar-refractivity contribution in [3.8, 4) is 0 Å². The normalized spacial score (nSPS) is 10.8. The fraction of sp³-hybridized carbons (Fsp3) is 0.263. The zero-order valence-electron chi connectivity index (χ0n) is 15.4. The van der Waals surface area contributed by atoms with Gasteiger partial charge in [0.25, 0.3) is 11.5 Å². The van der Waals surface area contributed by atoms with E-state index in [9.17, 15) is 9.59 Å². The molecule has 0 saturated heterocycles. The molecule has 28 heavy (non-hydrogen) atoms. The van der Waals surface area contributed by atoms with E-state index < -0.39 is 5.91 Å². The summed E-state index contributed by atoms with van der Waals surface area (Å²) < 4.78 is 6.15. The summed E-state index contributed by atoms with van der Waals surface area (Å²) >= 11 is 7.72. The highest BCUT2D eigenvalue weighted by molar-refractivity contribution is 7.15. The van der Waals surface area contributed by atoms with Crippen molar-refractivity contribution in [3.63, 3.8) is 0 Å². The van der Waals surface area contributed by atoms with E-state index in [2.05, 4.69) is 15.4 Å². The first kappa shape index (κ1) is 20.2. The van der Waals surface area contributed by atoms with Crippen molar-refractivity contribution in [1.29, 1.82) is 0 Å². The maximum absolute atomic E-state index is 12.4. The minimum atomic E-state index is -0.430. The molecule has 0 unspecified atom stereocenters. The van der Waals surface area contributed by atoms with Gasteiger partial charge in [-0.05, 0) is 24.1 Å². The van der Waals surface area contributed by atoms with E-state index in [4.69, 9.17) is 16.3 Å². The molecule has 0 aliphatic rings. The van der Waals surface area contributed by atoms with Gasteiger partial charge in [-0.25, -0.2) is 9.67 Å². The number of carbonyl (C=O) groups excluding carboxylic acids is 1. The highest BCUT2D eigenvalue weighted by Crippen LogP contribution is 2.26. The molecule has 1 amide bonds. The van der Waals surface area contributed by atoms with Gasteiger partial charge in [0.2, 0.25) is 0 Å². The van der Waals surface area contributed by atoms with E-state index in [-0.39, 0.29) is 17.8 Å². The molecular weight excluding hydrogens is 400 g/mol. The number of hydrogen-bond acceptors (Lipinski definition) is 6. The summed E-state index contributed by atoms with van der Waals surface area (Å²) in [5.74, 6) is -0.430. The van der Waals surface area contributed by atoms with Crippen molar-refractivity contribution in [3.05, 3.63) is 73.6 Å². The summed E-state index contributed by atoms with van der Waals surface area (Å²) in [5.41, 5.74) is 1.87. The van der Waals surface area contributed by atoms with Crippen LogP contribution in [0.25, 0.3) is 0 Å². The number of anilines is 1. The summed E-state index contributed by atoms with van der Waals surface area (Å²) in [6.45, 7) is 2.56. The zero-order valence-corrected chi connectivity index (χ0v) is 17.0. The number of nitrogens with zero attached hydrogens (tertiary/aromatic N) is 3. The van der Waals surface area contributed by atoms with Gasteiger partial charge in [0.05, 0.1) is 13.2 Å². The molecule has 0 aliphatic carbocycles. The Morgan fingerprint density at radius 1 is 1.32 bits per heavy atom. The molecule has 3 rings (SSSR count). The number of rotatable bonds is 7. The molecule has 0 atom stereocenters. The second-order valence-corrected chi connectivity index (χ2v) is 7.58. The molecule has 1 aromatic carbocycles. The summed E-state index contributed by atoms with van der Waals surface area (Å²) in [7, 11) is 1.53. The van der Waals surface area contributed by atoms with Crippen molar-refractivity contribution in [2.24, 2.45) is 0 Å². The Balaban J connectivity index is 1.70. The Labute approximate surface area is 171 Å². The number of thiazole rings is 1. The van der Waals surface area contributed by atoms with Crippen LogP contribution >= 0.6 is 22.9 Å². The van der Waals surface area contributed by atoms with Gasteiger partial charge in [0.15, 0.2) is 5.13 Å². The van der Waals surface area contributed by atoms with E-state index >= 15 is 0 Å². The third-order valence-corrected chi connectivity index (χ3v) is 5.47. The largest absolute Gasteiger partial charge is 0.383 e. The molecule has 0 saturated carbocycles. The van der Waals surface area contributed by atoms with Gasteiger partial charge in [-0.3, -0.25) is 14.9 Å². The fourth-order valence-electron chi connectivity index (χ4n) is 2.55. The Kier molecular flexibility index (Phi) is 6.56. The number of aryl methyl sites for hydroxylation is 1. The van der Waals surface area contributed by atoms with Gasteiger partial charge in [-0.15, -0.1) is 11.3 Å². The number of halogens is 1. The number of nitrogens with one attached hydrogen (secondary N) is 1. The van der Waals surface area contributed by atoms with E-state index in [0.29, 0.717) is 18.2 Å². The fourth-order valence-corrected chi connectivity index (χ4v) is 3.57. The smallest absolute Gasteiger partial charge is 0.277 e. The average molecular weight is 419 g/mol. The van der Waals surface area contributed by atoms with Gasteiger partial charge in [0, 0.05) is 35.7 Å². The van der Waals surface area contributed by atoms with E-state index in [1.807, 2.05) is 25.1 Å². The van der Waals surface area contributed by atoms with Gasteiger partial charge < -0.3 is 4.74 Å². The molecule has 0 spiro atoms. The third-order valence-electron chi connectivity index (χ3n) is 4.02. The molecular formula is C19H19ClN4O3S. The second kappa shape index (κ2) is 9.09. The number of hydrogen-bond donors (Lipinski definition) is 1. The summed E-state index contributed by atoms with van der Waals surface area (Å²) in [6.07, 6.45) is 2.35. The highest BCUT2D eigenvalue weighted by atomic mass is 35.5. The van der Waals surface area contributed by atoms with Crippen LogP contribution in [0.15, 0.2) is 41.3 Å². The van der Waals surface area contributed by atoms with Crippen LogP contribution in [0.2, 0.25) is 5.02 Å². The maximum Gasteiger partial charge on any atom is 0.277 e. The second-order valence-electron chi connectivity index (χ2n) is 6.08. The number of ether oxygens (including phenoxy) is 1. The highest BCUT2D eigenvalue weighted by Gasteiger charge is 2.13. The van der Waals surface area contributed by atoms with Crippen LogP contribution in [0.4, 0.5) is 5.13 Å². The average Bonchev–Trinajstić information content (AvgIpc) is 3.11. The topological polar surface area (TPSA) is 86.1 Å². The van der Waals surface area contributed by atoms with Crippen LogP contribution in [0.1, 0.15) is 26.5 Å². The molecule has 0 radical (unpaired) electrons. The van der Waals surface area contributed by atoms with E-state index in [1.165, 1.54) is 35.3 Å². The number of methoxy groups -OCH3 is 1. The van der Waals surface area contributed by atoms with Crippen LogP contribution in [0, 0.1) is 6.92 Å². The summed E-state index contributed by atoms with van der Waals surface area (Å²) in [6, 6.07) is 8.60. The Bertz CT molecular complexity index is 1050. The van der Waals surface area contributed by atoms with Crippen molar-refractivity contribution in [2.45, 2.75) is 19.9 Å². The lowest BCUT2D eigenvalue weighted by Gasteiger charge is -2.06. The zero-order chi connectivity index (χ0) is 20.1. The van der Waals surface area contributed by atoms with Crippen LogP contribution in [-0.4, -0.2) is 34.4 Å². The van der Waals surface area contributed by atoms with Crippen LogP contribution in [0.5, 0.6) is 0 Å². The van der Waals surface area contributed by atoms with Crippen molar-refractivity contribution in [2.75, 3.05) is 19.0 Å². The standard InChI is InChI=1S/C19H19ClN4O3S/c1-12-4-3-5-13(17(12)20)10-14-11-21-19(28-14)22-18(26)15-6-7-16(25)24(23-15)8-9-27-2/h3-7,11H,8-10H2,1-2H3,(H,21,22,26). The first-order valence-corrected chi connectivity index (χ1v) is 9.74. The lowest BCUT2D eigenvalue weighted by atomic mass is 10.1. The quantitative estimate of drug-likeness (QED) is 0.637. The van der Waals surface area contributed by atoms with Gasteiger partial charge >= 0.3 is 0 Å². The number of benzene rings is 1. The Morgan fingerprint density at radius 2 is 2.14 bits per heavy atom. The Morgan fingerprint density at radius 3 is 2.93 bits per heavy atom. The lowest BCUT2D eigenvalue weighted by molar-refractivity contribution is 0.101. The minimum absolute atomic E-state index is 0.134. The number of carbonyl (C=O) groups is 1. The molecule has 2 heterocycles. The number of aromatic nitrogens is 3. The molecule has 2 aromatic heterocycles. The first-order valence-electron chi connectivity index (χ1n) is 8.55. The van der Waals surface area contributed by atoms with E-state index in [1.54, 1.807) is 6.20 Å². The van der Waals surface area contributed by atoms with E-state index in [0.717, 1.165) is 21.0 Å². The lowest BCUT2D eigenvalue weighted by Crippen LogP contribution is -2.27. The molecule has 0 fully saturated rings. The van der Waals surface area contributed by atoms with Gasteiger partial charge in [-0.2, -0.15) is 5.10 Å². The molecule has 146 valence electrons. The van der Waals surface area contributed by atoms with Gasteiger partial charge in [0.1, 0.15) is 5.69 Å². The molecule has 0 aliphatic heterocycles. The molecule has 9 heteroatoms. The minimum Gasteiger partial charge on any atom is -0.383 e. The summed E-state index contributed by atoms with van der Waals surface area (Å²) in [4.78, 5) is 29.4. The third kappa shape index (κ3) is 4.83. The van der Waals surface area contributed by atoms with Crippen molar-refractivity contribution < 1.29 is 9.53 Å². The van der Waals surface area contributed by atoms with Crippen LogP contribution < -0.4 is 10.9 Å². The van der Waals surface area contributed by atoms with Crippen molar-refractivity contribution in [1.82, 2.24) is 14.8 Å².